The van der Waals surface area contributed by atoms with Crippen LogP contribution >= 0.6 is 0 Å². The van der Waals surface area contributed by atoms with Gasteiger partial charge < -0.3 is 4.74 Å². The number of ether oxygens (including phenoxy) is 1. The molecule has 1 unspecified atom stereocenters. The summed E-state index contributed by atoms with van der Waals surface area (Å²) in [5.41, 5.74) is 1.06. The fourth-order valence-electron chi connectivity index (χ4n) is 2.58. The second-order valence-corrected chi connectivity index (χ2v) is 5.01. The Morgan fingerprint density at radius 2 is 1.84 bits per heavy atom. The van der Waals surface area contributed by atoms with Crippen molar-refractivity contribution >= 4 is 11.6 Å². The highest BCUT2D eigenvalue weighted by molar-refractivity contribution is 5.83. The predicted octanol–water partition coefficient (Wildman–Crippen LogP) is 1.13. The lowest BCUT2D eigenvalue weighted by Crippen LogP contribution is -2.55. The van der Waals surface area contributed by atoms with Gasteiger partial charge in [-0.1, -0.05) is 25.1 Å². The highest BCUT2D eigenvalue weighted by atomic mass is 16.5. The molecule has 19 heavy (non-hydrogen) atoms. The van der Waals surface area contributed by atoms with Crippen LogP contribution < -0.4 is 5.01 Å². The first-order valence-electron chi connectivity index (χ1n) is 6.76. The van der Waals surface area contributed by atoms with E-state index in [0.29, 0.717) is 13.2 Å². The molecule has 3 rings (SSSR count). The van der Waals surface area contributed by atoms with E-state index in [1.165, 1.54) is 0 Å². The molecule has 0 aromatic heterocycles. The maximum Gasteiger partial charge on any atom is 0.260 e. The number of carbonyl (C=O) groups excluding carboxylic acids is 1. The Morgan fingerprint density at radius 1 is 1.16 bits per heavy atom. The second-order valence-electron chi connectivity index (χ2n) is 5.01. The van der Waals surface area contributed by atoms with Gasteiger partial charge in [-0.2, -0.15) is 10.1 Å². The quantitative estimate of drug-likeness (QED) is 0.799. The smallest absolute Gasteiger partial charge is 0.260 e. The molecule has 2 heterocycles. The molecule has 2 fully saturated rings. The average molecular weight is 261 g/mol. The maximum absolute atomic E-state index is 12.4. The van der Waals surface area contributed by atoms with Crippen molar-refractivity contribution in [2.75, 3.05) is 37.9 Å². The van der Waals surface area contributed by atoms with Crippen molar-refractivity contribution in [3.8, 4) is 0 Å². The van der Waals surface area contributed by atoms with Gasteiger partial charge in [0.2, 0.25) is 0 Å². The van der Waals surface area contributed by atoms with E-state index in [1.807, 2.05) is 42.4 Å². The summed E-state index contributed by atoms with van der Waals surface area (Å²) in [6.45, 7) is 5.62. The SMILES string of the molecule is CC1CN(c2ccccc2)N(N2CCOCC2)C1=O. The van der Waals surface area contributed by atoms with E-state index in [9.17, 15) is 4.79 Å². The third-order valence-electron chi connectivity index (χ3n) is 3.60. The largest absolute Gasteiger partial charge is 0.379 e. The lowest BCUT2D eigenvalue weighted by Gasteiger charge is -2.40. The number of carbonyl (C=O) groups is 1. The first kappa shape index (κ1) is 12.4. The molecule has 1 aromatic rings. The molecular formula is C14H19N3O2. The van der Waals surface area contributed by atoms with Crippen LogP contribution in [0.2, 0.25) is 0 Å². The highest BCUT2D eigenvalue weighted by Gasteiger charge is 2.39. The monoisotopic (exact) mass is 261 g/mol. The van der Waals surface area contributed by atoms with Crippen LogP contribution in [0.25, 0.3) is 0 Å². The van der Waals surface area contributed by atoms with E-state index in [-0.39, 0.29) is 11.8 Å². The standard InChI is InChI=1S/C14H19N3O2/c1-12-11-16(13-5-3-2-4-6-13)17(14(12)18)15-7-9-19-10-8-15/h2-6,12H,7-11H2,1H3. The Labute approximate surface area is 113 Å². The van der Waals surface area contributed by atoms with Crippen LogP contribution in [-0.4, -0.2) is 48.9 Å². The van der Waals surface area contributed by atoms with Gasteiger partial charge in [-0.3, -0.25) is 9.80 Å². The number of morpholine rings is 1. The normalized spacial score (nSPS) is 25.1. The molecular weight excluding hydrogens is 242 g/mol. The van der Waals surface area contributed by atoms with Crippen molar-refractivity contribution in [1.29, 1.82) is 0 Å². The summed E-state index contributed by atoms with van der Waals surface area (Å²) in [7, 11) is 0. The Morgan fingerprint density at radius 3 is 2.53 bits per heavy atom. The number of hydrogen-bond donors (Lipinski definition) is 0. The van der Waals surface area contributed by atoms with E-state index in [2.05, 4.69) is 10.0 Å². The molecule has 0 saturated carbocycles. The van der Waals surface area contributed by atoms with Gasteiger partial charge in [0, 0.05) is 13.1 Å². The molecule has 1 atom stereocenters. The number of rotatable bonds is 2. The Kier molecular flexibility index (Phi) is 3.40. The van der Waals surface area contributed by atoms with Gasteiger partial charge >= 0.3 is 0 Å². The van der Waals surface area contributed by atoms with E-state index in [4.69, 9.17) is 4.74 Å². The Hall–Kier alpha value is -1.59. The van der Waals surface area contributed by atoms with Crippen molar-refractivity contribution in [1.82, 2.24) is 10.1 Å². The van der Waals surface area contributed by atoms with Crippen LogP contribution in [0.15, 0.2) is 30.3 Å². The molecule has 102 valence electrons. The molecule has 2 saturated heterocycles. The molecule has 1 aromatic carbocycles. The fourth-order valence-corrected chi connectivity index (χ4v) is 2.58. The van der Waals surface area contributed by atoms with Gasteiger partial charge in [-0.05, 0) is 12.1 Å². The van der Waals surface area contributed by atoms with Gasteiger partial charge in [-0.15, -0.1) is 0 Å². The van der Waals surface area contributed by atoms with Gasteiger partial charge in [0.1, 0.15) is 0 Å². The highest BCUT2D eigenvalue weighted by Crippen LogP contribution is 2.27. The van der Waals surface area contributed by atoms with Crippen LogP contribution in [0.5, 0.6) is 0 Å². The molecule has 0 aliphatic carbocycles. The number of hydrazine groups is 2. The molecule has 5 heteroatoms. The number of hydrogen-bond acceptors (Lipinski definition) is 4. The lowest BCUT2D eigenvalue weighted by atomic mass is 10.2. The van der Waals surface area contributed by atoms with E-state index in [1.54, 1.807) is 0 Å². The van der Waals surface area contributed by atoms with Gasteiger partial charge in [0.05, 0.1) is 31.4 Å². The minimum atomic E-state index is 0.0306. The van der Waals surface area contributed by atoms with Crippen molar-refractivity contribution in [3.63, 3.8) is 0 Å². The molecule has 1 amide bonds. The van der Waals surface area contributed by atoms with E-state index >= 15 is 0 Å². The predicted molar refractivity (Wildman–Crippen MR) is 72.2 cm³/mol. The zero-order chi connectivity index (χ0) is 13.2. The molecule has 5 nitrogen and oxygen atoms in total. The first-order chi connectivity index (χ1) is 9.27. The number of benzene rings is 1. The average Bonchev–Trinajstić information content (AvgIpc) is 2.77. The van der Waals surface area contributed by atoms with E-state index in [0.717, 1.165) is 25.3 Å². The summed E-state index contributed by atoms with van der Waals surface area (Å²) in [4.78, 5) is 12.4. The summed E-state index contributed by atoms with van der Waals surface area (Å²) in [6, 6.07) is 10.1. The summed E-state index contributed by atoms with van der Waals surface area (Å²) < 4.78 is 5.36. The van der Waals surface area contributed by atoms with Crippen molar-refractivity contribution in [2.24, 2.45) is 5.92 Å². The van der Waals surface area contributed by atoms with Crippen LogP contribution in [-0.2, 0) is 9.53 Å². The Balaban J connectivity index is 1.87. The van der Waals surface area contributed by atoms with Crippen LogP contribution in [0, 0.1) is 5.92 Å². The van der Waals surface area contributed by atoms with Gasteiger partial charge in [-0.25, -0.2) is 0 Å². The maximum atomic E-state index is 12.4. The first-order valence-corrected chi connectivity index (χ1v) is 6.76. The number of amides is 1. The number of para-hydroxylation sites is 1. The molecule has 0 N–H and O–H groups in total. The summed E-state index contributed by atoms with van der Waals surface area (Å²) in [5, 5.41) is 5.96. The van der Waals surface area contributed by atoms with Crippen molar-refractivity contribution in [3.05, 3.63) is 30.3 Å². The third-order valence-corrected chi connectivity index (χ3v) is 3.60. The Bertz CT molecular complexity index is 445. The van der Waals surface area contributed by atoms with Crippen LogP contribution in [0.1, 0.15) is 6.92 Å². The lowest BCUT2D eigenvalue weighted by molar-refractivity contribution is -0.154. The summed E-state index contributed by atoms with van der Waals surface area (Å²) in [5.74, 6) is 0.203. The fraction of sp³-hybridized carbons (Fsp3) is 0.500. The zero-order valence-corrected chi connectivity index (χ0v) is 11.2. The molecule has 2 aliphatic rings. The van der Waals surface area contributed by atoms with Gasteiger partial charge in [0.15, 0.2) is 0 Å². The van der Waals surface area contributed by atoms with Crippen molar-refractivity contribution in [2.45, 2.75) is 6.92 Å². The molecule has 0 bridgehead atoms. The second kappa shape index (κ2) is 5.19. The minimum absolute atomic E-state index is 0.0306. The third kappa shape index (κ3) is 2.31. The topological polar surface area (TPSA) is 36.0 Å². The van der Waals surface area contributed by atoms with Crippen molar-refractivity contribution < 1.29 is 9.53 Å². The summed E-state index contributed by atoms with van der Waals surface area (Å²) >= 11 is 0. The zero-order valence-electron chi connectivity index (χ0n) is 11.2. The minimum Gasteiger partial charge on any atom is -0.379 e. The van der Waals surface area contributed by atoms with Crippen LogP contribution in [0.3, 0.4) is 0 Å². The van der Waals surface area contributed by atoms with E-state index < -0.39 is 0 Å². The molecule has 0 spiro atoms. The van der Waals surface area contributed by atoms with Crippen LogP contribution in [0.4, 0.5) is 5.69 Å². The summed E-state index contributed by atoms with van der Waals surface area (Å²) in [6.07, 6.45) is 0. The molecule has 2 aliphatic heterocycles. The number of nitrogens with zero attached hydrogens (tertiary/aromatic N) is 3. The molecule has 0 radical (unpaired) electrons. The number of anilines is 1. The van der Waals surface area contributed by atoms with Gasteiger partial charge in [0.25, 0.3) is 5.91 Å².